The van der Waals surface area contributed by atoms with Gasteiger partial charge in [0.15, 0.2) is 0 Å². The van der Waals surface area contributed by atoms with Gasteiger partial charge in [0.1, 0.15) is 0 Å². The first-order valence-electron chi connectivity index (χ1n) is 16.7. The third-order valence-electron chi connectivity index (χ3n) is 6.84. The summed E-state index contributed by atoms with van der Waals surface area (Å²) in [6.45, 7) is 6.10. The molecule has 2 aliphatic rings. The van der Waals surface area contributed by atoms with Crippen molar-refractivity contribution in [3.63, 3.8) is 0 Å². The molecular formula is C32H50N2O16. The Morgan fingerprint density at radius 2 is 1.04 bits per heavy atom. The van der Waals surface area contributed by atoms with Crippen LogP contribution < -0.4 is 0 Å². The van der Waals surface area contributed by atoms with E-state index in [-0.39, 0.29) is 58.5 Å². The maximum Gasteiger partial charge on any atom is 0.373 e. The molecule has 0 aliphatic carbocycles. The SMILES string of the molecule is COCCOCCOCCOCCOCCOCCOCCOCCC(=O)O[C@@H](CCCCN1C(=O)C=CC1=O)C(=O)ON1C(=O)CCC1=O. The van der Waals surface area contributed by atoms with E-state index in [9.17, 15) is 28.8 Å². The van der Waals surface area contributed by atoms with E-state index in [1.54, 1.807) is 7.11 Å². The smallest absolute Gasteiger partial charge is 0.373 e. The van der Waals surface area contributed by atoms with E-state index in [1.807, 2.05) is 0 Å². The predicted octanol–water partition coefficient (Wildman–Crippen LogP) is -0.247. The highest BCUT2D eigenvalue weighted by molar-refractivity contribution is 6.12. The van der Waals surface area contributed by atoms with Gasteiger partial charge in [0.2, 0.25) is 6.10 Å². The number of ether oxygens (including phenoxy) is 9. The lowest BCUT2D eigenvalue weighted by molar-refractivity contribution is -0.206. The van der Waals surface area contributed by atoms with E-state index in [4.69, 9.17) is 47.5 Å². The molecule has 18 heteroatoms. The van der Waals surface area contributed by atoms with Crippen LogP contribution in [0.1, 0.15) is 38.5 Å². The second-order valence-corrected chi connectivity index (χ2v) is 10.7. The summed E-state index contributed by atoms with van der Waals surface area (Å²) >= 11 is 0. The minimum atomic E-state index is -1.41. The molecule has 1 fully saturated rings. The van der Waals surface area contributed by atoms with Gasteiger partial charge < -0.3 is 47.5 Å². The normalized spacial score (nSPS) is 15.1. The molecule has 1 atom stereocenters. The van der Waals surface area contributed by atoms with Crippen LogP contribution in [0.4, 0.5) is 0 Å². The zero-order valence-electron chi connectivity index (χ0n) is 28.7. The Hall–Kier alpha value is -3.36. The number of amides is 4. The Morgan fingerprint density at radius 3 is 1.48 bits per heavy atom. The first-order chi connectivity index (χ1) is 24.3. The van der Waals surface area contributed by atoms with Crippen molar-refractivity contribution in [2.75, 3.05) is 113 Å². The monoisotopic (exact) mass is 718 g/mol. The summed E-state index contributed by atoms with van der Waals surface area (Å²) in [6, 6.07) is 0. The highest BCUT2D eigenvalue weighted by Crippen LogP contribution is 2.16. The fraction of sp³-hybridized carbons (Fsp3) is 0.750. The van der Waals surface area contributed by atoms with Crippen LogP contribution in [0.3, 0.4) is 0 Å². The van der Waals surface area contributed by atoms with Gasteiger partial charge in [0.25, 0.3) is 23.6 Å². The lowest BCUT2D eigenvalue weighted by Gasteiger charge is -2.20. The van der Waals surface area contributed by atoms with Crippen molar-refractivity contribution < 1.29 is 76.2 Å². The molecule has 284 valence electrons. The third-order valence-corrected chi connectivity index (χ3v) is 6.84. The number of carbonyl (C=O) groups is 6. The quantitative estimate of drug-likeness (QED) is 0.0500. The van der Waals surface area contributed by atoms with Crippen molar-refractivity contribution in [3.8, 4) is 0 Å². The number of hydrogen-bond donors (Lipinski definition) is 0. The number of imide groups is 2. The summed E-state index contributed by atoms with van der Waals surface area (Å²) in [6.07, 6.45) is 1.13. The third kappa shape index (κ3) is 19.1. The average Bonchev–Trinajstić information content (AvgIpc) is 3.60. The number of carbonyl (C=O) groups excluding carboxylic acids is 6. The predicted molar refractivity (Wildman–Crippen MR) is 169 cm³/mol. The Morgan fingerprint density at radius 1 is 0.620 bits per heavy atom. The molecule has 4 amide bonds. The van der Waals surface area contributed by atoms with Crippen LogP contribution in [0.15, 0.2) is 12.2 Å². The molecule has 0 spiro atoms. The second kappa shape index (κ2) is 27.4. The molecule has 2 heterocycles. The Kier molecular flexibility index (Phi) is 23.4. The van der Waals surface area contributed by atoms with Crippen LogP contribution in [-0.4, -0.2) is 164 Å². The van der Waals surface area contributed by atoms with Crippen molar-refractivity contribution in [1.29, 1.82) is 0 Å². The van der Waals surface area contributed by atoms with Crippen molar-refractivity contribution in [3.05, 3.63) is 12.2 Å². The van der Waals surface area contributed by atoms with Gasteiger partial charge in [-0.15, -0.1) is 5.06 Å². The number of unbranched alkanes of at least 4 members (excludes halogenated alkanes) is 1. The molecule has 0 unspecified atom stereocenters. The van der Waals surface area contributed by atoms with Crippen LogP contribution in [0.25, 0.3) is 0 Å². The summed E-state index contributed by atoms with van der Waals surface area (Å²) in [4.78, 5) is 78.2. The van der Waals surface area contributed by atoms with Crippen molar-refractivity contribution in [1.82, 2.24) is 9.96 Å². The van der Waals surface area contributed by atoms with E-state index in [2.05, 4.69) is 0 Å². The first-order valence-corrected chi connectivity index (χ1v) is 16.7. The van der Waals surface area contributed by atoms with Gasteiger partial charge >= 0.3 is 11.9 Å². The molecule has 0 N–H and O–H groups in total. The first kappa shape index (κ1) is 42.8. The Balaban J connectivity index is 1.46. The molecule has 0 aromatic carbocycles. The van der Waals surface area contributed by atoms with Gasteiger partial charge in [-0.05, 0) is 19.3 Å². The van der Waals surface area contributed by atoms with E-state index >= 15 is 0 Å². The lowest BCUT2D eigenvalue weighted by atomic mass is 10.1. The van der Waals surface area contributed by atoms with E-state index in [0.717, 1.165) is 4.90 Å². The number of hydroxylamine groups is 2. The summed E-state index contributed by atoms with van der Waals surface area (Å²) in [5.41, 5.74) is 0. The van der Waals surface area contributed by atoms with E-state index in [0.29, 0.717) is 90.8 Å². The lowest BCUT2D eigenvalue weighted by Crippen LogP contribution is -2.38. The number of hydrogen-bond acceptors (Lipinski definition) is 16. The summed E-state index contributed by atoms with van der Waals surface area (Å²) in [5.74, 6) is -4.05. The zero-order valence-corrected chi connectivity index (χ0v) is 28.7. The largest absolute Gasteiger partial charge is 0.450 e. The van der Waals surface area contributed by atoms with Gasteiger partial charge in [-0.2, -0.15) is 0 Å². The summed E-state index contributed by atoms with van der Waals surface area (Å²) in [5, 5.41) is 0.375. The molecular weight excluding hydrogens is 668 g/mol. The molecule has 18 nitrogen and oxygen atoms in total. The summed E-state index contributed by atoms with van der Waals surface area (Å²) in [7, 11) is 1.62. The molecule has 50 heavy (non-hydrogen) atoms. The maximum absolute atomic E-state index is 12.7. The van der Waals surface area contributed by atoms with Crippen molar-refractivity contribution in [2.45, 2.75) is 44.6 Å². The minimum Gasteiger partial charge on any atom is -0.450 e. The van der Waals surface area contributed by atoms with Crippen LogP contribution in [0.5, 0.6) is 0 Å². The van der Waals surface area contributed by atoms with Gasteiger partial charge in [-0.25, -0.2) is 4.79 Å². The van der Waals surface area contributed by atoms with Gasteiger partial charge in [0.05, 0.1) is 106 Å². The van der Waals surface area contributed by atoms with Gasteiger partial charge in [-0.3, -0.25) is 28.9 Å². The highest BCUT2D eigenvalue weighted by atomic mass is 16.7. The van der Waals surface area contributed by atoms with Crippen LogP contribution in [-0.2, 0) is 76.2 Å². The van der Waals surface area contributed by atoms with E-state index in [1.165, 1.54) is 12.2 Å². The Bertz CT molecular complexity index is 1040. The molecule has 0 bridgehead atoms. The number of rotatable bonds is 32. The summed E-state index contributed by atoms with van der Waals surface area (Å²) < 4.78 is 47.9. The van der Waals surface area contributed by atoms with Crippen LogP contribution in [0, 0.1) is 0 Å². The molecule has 0 saturated carbocycles. The molecule has 1 saturated heterocycles. The molecule has 0 aromatic rings. The van der Waals surface area contributed by atoms with Gasteiger partial charge in [0, 0.05) is 38.6 Å². The molecule has 0 radical (unpaired) electrons. The number of nitrogens with zero attached hydrogens (tertiary/aromatic N) is 2. The van der Waals surface area contributed by atoms with Gasteiger partial charge in [-0.1, -0.05) is 0 Å². The van der Waals surface area contributed by atoms with Crippen molar-refractivity contribution >= 4 is 35.6 Å². The van der Waals surface area contributed by atoms with Crippen LogP contribution in [0.2, 0.25) is 0 Å². The fourth-order valence-electron chi connectivity index (χ4n) is 4.22. The second-order valence-electron chi connectivity index (χ2n) is 10.7. The fourth-order valence-corrected chi connectivity index (χ4v) is 4.22. The maximum atomic E-state index is 12.7. The molecule has 2 rings (SSSR count). The number of esters is 1. The topological polar surface area (TPSA) is 201 Å². The highest BCUT2D eigenvalue weighted by Gasteiger charge is 2.36. The zero-order chi connectivity index (χ0) is 36.2. The number of methoxy groups -OCH3 is 1. The molecule has 2 aliphatic heterocycles. The average molecular weight is 719 g/mol. The molecule has 0 aromatic heterocycles. The van der Waals surface area contributed by atoms with Crippen LogP contribution >= 0.6 is 0 Å². The van der Waals surface area contributed by atoms with Crippen molar-refractivity contribution in [2.24, 2.45) is 0 Å². The standard InChI is InChI=1S/C32H50N2O16/c1-41-12-13-43-16-17-45-20-21-47-24-25-48-23-22-46-19-18-44-15-14-42-11-9-31(39)49-26(32(40)50-34-29(37)7-8-30(34)38)4-2-3-10-33-27(35)5-6-28(33)36/h5-6,26H,2-4,7-25H2,1H3/t26-/m0/s1. The Labute approximate surface area is 291 Å². The minimum absolute atomic E-state index is 0.00586. The van der Waals surface area contributed by atoms with E-state index < -0.39 is 41.7 Å².